The van der Waals surface area contributed by atoms with Crippen molar-refractivity contribution in [3.8, 4) is 0 Å². The third-order valence-electron chi connectivity index (χ3n) is 3.56. The number of carbonyl (C=O) groups excluding carboxylic acids is 5. The molecular weight excluding hydrogens is 434 g/mol. The molecule has 190 valence electrons. The van der Waals surface area contributed by atoms with Crippen LogP contribution < -0.4 is 0 Å². The standard InChI is InChI=1S/C23H39NO9/c1-11-30-18(27)16(25)14-12-13-15(17(26)31-21(2,3)4)24(19(28)32-22(5,6)7)20(29)33-23(8,9)10/h15H,11-14H2,1-10H3/t15-/m0/s1. The van der Waals surface area contributed by atoms with Gasteiger partial charge in [-0.2, -0.15) is 4.90 Å². The van der Waals surface area contributed by atoms with Crippen molar-refractivity contribution in [2.75, 3.05) is 6.61 Å². The summed E-state index contributed by atoms with van der Waals surface area (Å²) in [7, 11) is 0. The fourth-order valence-corrected chi connectivity index (χ4v) is 2.44. The minimum absolute atomic E-state index is 0.00362. The summed E-state index contributed by atoms with van der Waals surface area (Å²) >= 11 is 0. The molecule has 0 saturated heterocycles. The van der Waals surface area contributed by atoms with E-state index in [4.69, 9.17) is 14.2 Å². The largest absolute Gasteiger partial charge is 0.460 e. The van der Waals surface area contributed by atoms with E-state index in [9.17, 15) is 24.0 Å². The number of ether oxygens (including phenoxy) is 4. The molecule has 0 aliphatic carbocycles. The Balaban J connectivity index is 5.99. The van der Waals surface area contributed by atoms with Crippen LogP contribution in [0.3, 0.4) is 0 Å². The highest BCUT2D eigenvalue weighted by Crippen LogP contribution is 2.22. The number of hydrogen-bond donors (Lipinski definition) is 0. The van der Waals surface area contributed by atoms with Crippen LogP contribution in [0.5, 0.6) is 0 Å². The average Bonchev–Trinajstić information content (AvgIpc) is 2.55. The molecule has 0 aromatic carbocycles. The van der Waals surface area contributed by atoms with Crippen LogP contribution in [0.25, 0.3) is 0 Å². The molecule has 0 N–H and O–H groups in total. The van der Waals surface area contributed by atoms with Crippen LogP contribution in [0.2, 0.25) is 0 Å². The lowest BCUT2D eigenvalue weighted by molar-refractivity contribution is -0.161. The zero-order valence-electron chi connectivity index (χ0n) is 21.5. The van der Waals surface area contributed by atoms with Gasteiger partial charge in [0.25, 0.3) is 0 Å². The van der Waals surface area contributed by atoms with Gasteiger partial charge in [-0.3, -0.25) is 4.79 Å². The Bertz CT molecular complexity index is 696. The molecule has 0 fully saturated rings. The topological polar surface area (TPSA) is 126 Å². The zero-order chi connectivity index (χ0) is 26.2. The van der Waals surface area contributed by atoms with Crippen LogP contribution in [0.1, 0.15) is 88.5 Å². The second kappa shape index (κ2) is 12.0. The molecule has 0 aliphatic rings. The summed E-state index contributed by atoms with van der Waals surface area (Å²) in [5, 5.41) is 0. The summed E-state index contributed by atoms with van der Waals surface area (Å²) < 4.78 is 20.7. The van der Waals surface area contributed by atoms with Gasteiger partial charge in [-0.05, 0) is 82.1 Å². The summed E-state index contributed by atoms with van der Waals surface area (Å²) in [4.78, 5) is 63.0. The van der Waals surface area contributed by atoms with E-state index in [1.165, 1.54) is 0 Å². The van der Waals surface area contributed by atoms with Gasteiger partial charge in [0.2, 0.25) is 5.78 Å². The number of ketones is 1. The van der Waals surface area contributed by atoms with E-state index >= 15 is 0 Å². The van der Waals surface area contributed by atoms with Gasteiger partial charge in [0.05, 0.1) is 6.61 Å². The Morgan fingerprint density at radius 2 is 1.15 bits per heavy atom. The van der Waals surface area contributed by atoms with Crippen molar-refractivity contribution in [3.05, 3.63) is 0 Å². The van der Waals surface area contributed by atoms with E-state index in [2.05, 4.69) is 4.74 Å². The highest BCUT2D eigenvalue weighted by Gasteiger charge is 2.42. The fraction of sp³-hybridized carbons (Fsp3) is 0.783. The number of carbonyl (C=O) groups is 5. The normalized spacial score (nSPS) is 12.9. The second-order valence-electron chi connectivity index (χ2n) is 10.4. The number of hydrogen-bond acceptors (Lipinski definition) is 9. The second-order valence-corrected chi connectivity index (χ2v) is 10.4. The molecule has 0 aromatic heterocycles. The van der Waals surface area contributed by atoms with Crippen LogP contribution in [-0.4, -0.2) is 64.3 Å². The maximum absolute atomic E-state index is 13.0. The van der Waals surface area contributed by atoms with E-state index in [0.717, 1.165) is 0 Å². The SMILES string of the molecule is CCOC(=O)C(=O)CCC[C@@H](C(=O)OC(C)(C)C)N(C(=O)OC(C)(C)C)C(=O)OC(C)(C)C. The van der Waals surface area contributed by atoms with E-state index in [0.29, 0.717) is 4.90 Å². The van der Waals surface area contributed by atoms with Gasteiger partial charge < -0.3 is 18.9 Å². The molecule has 0 rings (SSSR count). The number of Topliss-reactive ketones (excluding diaryl/α,β-unsaturated/α-hetero) is 1. The van der Waals surface area contributed by atoms with Gasteiger partial charge in [0.15, 0.2) is 0 Å². The predicted molar refractivity (Wildman–Crippen MR) is 119 cm³/mol. The first kappa shape index (κ1) is 30.4. The van der Waals surface area contributed by atoms with E-state index in [1.54, 1.807) is 69.2 Å². The third-order valence-corrected chi connectivity index (χ3v) is 3.56. The van der Waals surface area contributed by atoms with Crippen LogP contribution in [0, 0.1) is 0 Å². The fourth-order valence-electron chi connectivity index (χ4n) is 2.44. The molecule has 0 aliphatic heterocycles. The molecule has 2 amide bonds. The third kappa shape index (κ3) is 12.8. The quantitative estimate of drug-likeness (QED) is 0.290. The number of esters is 2. The Morgan fingerprint density at radius 1 is 0.727 bits per heavy atom. The van der Waals surface area contributed by atoms with Crippen LogP contribution in [0.15, 0.2) is 0 Å². The average molecular weight is 474 g/mol. The lowest BCUT2D eigenvalue weighted by Crippen LogP contribution is -2.53. The minimum Gasteiger partial charge on any atom is -0.460 e. The Hall–Kier alpha value is -2.65. The van der Waals surface area contributed by atoms with Crippen LogP contribution >= 0.6 is 0 Å². The van der Waals surface area contributed by atoms with Crippen LogP contribution in [0.4, 0.5) is 9.59 Å². The molecule has 0 spiro atoms. The molecule has 0 bridgehead atoms. The van der Waals surface area contributed by atoms with Crippen molar-refractivity contribution < 1.29 is 42.9 Å². The first-order valence-corrected chi connectivity index (χ1v) is 11.0. The highest BCUT2D eigenvalue weighted by atomic mass is 16.6. The van der Waals surface area contributed by atoms with Gasteiger partial charge in [-0.25, -0.2) is 19.2 Å². The number of rotatable bonds is 8. The first-order chi connectivity index (χ1) is 14.8. The molecule has 0 aromatic rings. The summed E-state index contributed by atoms with van der Waals surface area (Å²) in [6, 6.07) is -1.44. The van der Waals surface area contributed by atoms with Crippen LogP contribution in [-0.2, 0) is 33.3 Å². The van der Waals surface area contributed by atoms with Gasteiger partial charge in [0.1, 0.15) is 22.8 Å². The highest BCUT2D eigenvalue weighted by molar-refractivity contribution is 6.33. The summed E-state index contributed by atoms with van der Waals surface area (Å²) in [5.41, 5.74) is -2.84. The molecule has 10 nitrogen and oxygen atoms in total. The number of amides is 2. The summed E-state index contributed by atoms with van der Waals surface area (Å²) in [6.07, 6.45) is -2.58. The van der Waals surface area contributed by atoms with Gasteiger partial charge >= 0.3 is 24.1 Å². The summed E-state index contributed by atoms with van der Waals surface area (Å²) in [6.45, 7) is 16.2. The van der Waals surface area contributed by atoms with E-state index in [1.807, 2.05) is 0 Å². The molecule has 0 unspecified atom stereocenters. The van der Waals surface area contributed by atoms with Gasteiger partial charge in [-0.1, -0.05) is 0 Å². The van der Waals surface area contributed by atoms with Crippen molar-refractivity contribution >= 4 is 29.9 Å². The number of imide groups is 1. The molecule has 0 saturated carbocycles. The molecule has 1 atom stereocenters. The molecular formula is C23H39NO9. The van der Waals surface area contributed by atoms with Crippen molar-refractivity contribution in [1.29, 1.82) is 0 Å². The molecule has 0 heterocycles. The predicted octanol–water partition coefficient (Wildman–Crippen LogP) is 4.17. The molecule has 33 heavy (non-hydrogen) atoms. The maximum Gasteiger partial charge on any atom is 0.420 e. The smallest absolute Gasteiger partial charge is 0.420 e. The Kier molecular flexibility index (Phi) is 11.0. The van der Waals surface area contributed by atoms with Gasteiger partial charge in [0, 0.05) is 6.42 Å². The first-order valence-electron chi connectivity index (χ1n) is 11.0. The minimum atomic E-state index is -1.44. The Morgan fingerprint density at radius 3 is 1.52 bits per heavy atom. The van der Waals surface area contributed by atoms with E-state index in [-0.39, 0.29) is 25.9 Å². The summed E-state index contributed by atoms with van der Waals surface area (Å²) in [5.74, 6) is -2.63. The van der Waals surface area contributed by atoms with Crippen molar-refractivity contribution in [1.82, 2.24) is 4.90 Å². The Labute approximate surface area is 196 Å². The van der Waals surface area contributed by atoms with E-state index < -0.39 is 52.8 Å². The molecule has 0 radical (unpaired) electrons. The number of nitrogens with zero attached hydrogens (tertiary/aromatic N) is 1. The monoisotopic (exact) mass is 473 g/mol. The van der Waals surface area contributed by atoms with Crippen molar-refractivity contribution in [3.63, 3.8) is 0 Å². The lowest BCUT2D eigenvalue weighted by Gasteiger charge is -2.33. The molecule has 10 heteroatoms. The van der Waals surface area contributed by atoms with Crippen molar-refractivity contribution in [2.45, 2.75) is 111 Å². The lowest BCUT2D eigenvalue weighted by atomic mass is 10.1. The van der Waals surface area contributed by atoms with Crippen molar-refractivity contribution in [2.24, 2.45) is 0 Å². The maximum atomic E-state index is 13.0. The zero-order valence-corrected chi connectivity index (χ0v) is 21.5. The van der Waals surface area contributed by atoms with Gasteiger partial charge in [-0.15, -0.1) is 0 Å².